The van der Waals surface area contributed by atoms with Gasteiger partial charge in [-0.05, 0) is 44.2 Å². The topological polar surface area (TPSA) is 23.6 Å². The largest absolute Gasteiger partial charge is 0.337 e. The molecule has 3 heteroatoms. The number of hydrogen-bond acceptors (Lipinski definition) is 2. The third kappa shape index (κ3) is 3.19. The molecule has 22 heavy (non-hydrogen) atoms. The van der Waals surface area contributed by atoms with E-state index in [4.69, 9.17) is 0 Å². The average molecular weight is 300 g/mol. The van der Waals surface area contributed by atoms with Crippen LogP contribution in [-0.4, -0.2) is 47.9 Å². The molecule has 1 aromatic carbocycles. The molecule has 0 N–H and O–H groups in total. The monoisotopic (exact) mass is 300 g/mol. The molecule has 1 heterocycles. The first-order valence-corrected chi connectivity index (χ1v) is 8.76. The summed E-state index contributed by atoms with van der Waals surface area (Å²) >= 11 is 0. The number of nitrogens with zero attached hydrogens (tertiary/aromatic N) is 2. The van der Waals surface area contributed by atoms with E-state index >= 15 is 0 Å². The van der Waals surface area contributed by atoms with Crippen LogP contribution < -0.4 is 0 Å². The van der Waals surface area contributed by atoms with Crippen molar-refractivity contribution in [2.45, 2.75) is 52.0 Å². The molecule has 0 radical (unpaired) electrons. The van der Waals surface area contributed by atoms with Crippen LogP contribution in [0.4, 0.5) is 0 Å². The number of hydrogen-bond donors (Lipinski definition) is 0. The smallest absolute Gasteiger partial charge is 0.254 e. The van der Waals surface area contributed by atoms with Gasteiger partial charge in [-0.3, -0.25) is 9.69 Å². The van der Waals surface area contributed by atoms with Crippen LogP contribution in [0.2, 0.25) is 0 Å². The summed E-state index contributed by atoms with van der Waals surface area (Å²) in [6.45, 7) is 8.06. The summed E-state index contributed by atoms with van der Waals surface area (Å²) in [5.41, 5.74) is 3.11. The van der Waals surface area contributed by atoms with Crippen LogP contribution in [0.15, 0.2) is 18.2 Å². The number of benzene rings is 1. The van der Waals surface area contributed by atoms with Crippen LogP contribution in [0.3, 0.4) is 0 Å². The maximum absolute atomic E-state index is 12.9. The first-order valence-electron chi connectivity index (χ1n) is 8.76. The van der Waals surface area contributed by atoms with Crippen molar-refractivity contribution in [3.05, 3.63) is 34.9 Å². The lowest BCUT2D eigenvalue weighted by Crippen LogP contribution is -2.38. The minimum Gasteiger partial charge on any atom is -0.337 e. The highest BCUT2D eigenvalue weighted by Gasteiger charge is 2.27. The van der Waals surface area contributed by atoms with Gasteiger partial charge in [0.2, 0.25) is 0 Å². The molecule has 1 amide bonds. The Bertz CT molecular complexity index is 514. The predicted molar refractivity (Wildman–Crippen MR) is 90.3 cm³/mol. The fourth-order valence-corrected chi connectivity index (χ4v) is 4.08. The van der Waals surface area contributed by atoms with Crippen molar-refractivity contribution in [2.24, 2.45) is 0 Å². The van der Waals surface area contributed by atoms with E-state index < -0.39 is 0 Å². The molecule has 0 spiro atoms. The van der Waals surface area contributed by atoms with E-state index in [9.17, 15) is 4.79 Å². The summed E-state index contributed by atoms with van der Waals surface area (Å²) in [4.78, 5) is 17.6. The lowest BCUT2D eigenvalue weighted by atomic mass is 10.0. The zero-order valence-corrected chi connectivity index (χ0v) is 14.0. The van der Waals surface area contributed by atoms with Crippen LogP contribution in [0.25, 0.3) is 0 Å². The normalized spacial score (nSPS) is 21.1. The van der Waals surface area contributed by atoms with E-state index in [0.29, 0.717) is 0 Å². The summed E-state index contributed by atoms with van der Waals surface area (Å²) in [5, 5.41) is 0. The molecule has 1 aliphatic carbocycles. The van der Waals surface area contributed by atoms with E-state index in [1.165, 1.54) is 25.7 Å². The second kappa shape index (κ2) is 6.82. The standard InChI is InChI=1S/C19H28N2O/c1-15-7-5-8-16(2)18(15)19(22)21-12-6-11-20(13-14-21)17-9-3-4-10-17/h5,7-8,17H,3-4,6,9-14H2,1-2H3. The predicted octanol–water partition coefficient (Wildman–Crippen LogP) is 3.39. The fraction of sp³-hybridized carbons (Fsp3) is 0.632. The van der Waals surface area contributed by atoms with E-state index in [0.717, 1.165) is 55.3 Å². The molecule has 2 fully saturated rings. The second-order valence-corrected chi connectivity index (χ2v) is 6.89. The molecule has 1 aromatic rings. The van der Waals surface area contributed by atoms with Crippen molar-refractivity contribution in [2.75, 3.05) is 26.2 Å². The average Bonchev–Trinajstić information content (AvgIpc) is 2.91. The Hall–Kier alpha value is -1.35. The van der Waals surface area contributed by atoms with Gasteiger partial charge < -0.3 is 4.90 Å². The number of amides is 1. The van der Waals surface area contributed by atoms with Crippen LogP contribution in [0, 0.1) is 13.8 Å². The molecule has 0 aromatic heterocycles. The summed E-state index contributed by atoms with van der Waals surface area (Å²) in [6, 6.07) is 6.90. The number of rotatable bonds is 2. The summed E-state index contributed by atoms with van der Waals surface area (Å²) in [6.07, 6.45) is 6.57. The van der Waals surface area contributed by atoms with Gasteiger partial charge in [-0.1, -0.05) is 31.0 Å². The summed E-state index contributed by atoms with van der Waals surface area (Å²) < 4.78 is 0. The second-order valence-electron chi connectivity index (χ2n) is 6.89. The van der Waals surface area contributed by atoms with Crippen LogP contribution in [0.1, 0.15) is 53.6 Å². The highest BCUT2D eigenvalue weighted by atomic mass is 16.2. The highest BCUT2D eigenvalue weighted by Crippen LogP contribution is 2.25. The van der Waals surface area contributed by atoms with Crippen LogP contribution in [0.5, 0.6) is 0 Å². The van der Waals surface area contributed by atoms with Crippen LogP contribution in [-0.2, 0) is 0 Å². The van der Waals surface area contributed by atoms with Crippen molar-refractivity contribution < 1.29 is 4.79 Å². The number of aryl methyl sites for hydroxylation is 2. The third-order valence-electron chi connectivity index (χ3n) is 5.35. The Kier molecular flexibility index (Phi) is 4.82. The molecule has 3 rings (SSSR count). The third-order valence-corrected chi connectivity index (χ3v) is 5.35. The van der Waals surface area contributed by atoms with E-state index in [1.54, 1.807) is 0 Å². The SMILES string of the molecule is Cc1cccc(C)c1C(=O)N1CCCN(C2CCCC2)CC1. The first kappa shape index (κ1) is 15.5. The molecule has 1 aliphatic heterocycles. The Morgan fingerprint density at radius 3 is 2.32 bits per heavy atom. The molecule has 0 bridgehead atoms. The maximum Gasteiger partial charge on any atom is 0.254 e. The lowest BCUT2D eigenvalue weighted by Gasteiger charge is -2.27. The van der Waals surface area contributed by atoms with E-state index in [1.807, 2.05) is 32.0 Å². The number of carbonyl (C=O) groups is 1. The molecule has 3 nitrogen and oxygen atoms in total. The van der Waals surface area contributed by atoms with Crippen LogP contribution >= 0.6 is 0 Å². The Morgan fingerprint density at radius 1 is 0.955 bits per heavy atom. The molecule has 1 saturated heterocycles. The zero-order chi connectivity index (χ0) is 15.5. The first-order chi connectivity index (χ1) is 10.7. The van der Waals surface area contributed by atoms with Gasteiger partial charge in [-0.15, -0.1) is 0 Å². The summed E-state index contributed by atoms with van der Waals surface area (Å²) in [7, 11) is 0. The van der Waals surface area contributed by atoms with E-state index in [-0.39, 0.29) is 5.91 Å². The van der Waals surface area contributed by atoms with Gasteiger partial charge in [0.1, 0.15) is 0 Å². The lowest BCUT2D eigenvalue weighted by molar-refractivity contribution is 0.0756. The molecule has 2 aliphatic rings. The van der Waals surface area contributed by atoms with Gasteiger partial charge in [0, 0.05) is 37.8 Å². The Labute approximate surface area is 134 Å². The highest BCUT2D eigenvalue weighted by molar-refractivity contribution is 5.97. The van der Waals surface area contributed by atoms with Gasteiger partial charge in [0.15, 0.2) is 0 Å². The van der Waals surface area contributed by atoms with Crippen molar-refractivity contribution in [3.63, 3.8) is 0 Å². The molecule has 0 atom stereocenters. The van der Waals surface area contributed by atoms with Crippen molar-refractivity contribution in [1.29, 1.82) is 0 Å². The summed E-state index contributed by atoms with van der Waals surface area (Å²) in [5.74, 6) is 0.226. The minimum absolute atomic E-state index is 0.226. The Morgan fingerprint density at radius 2 is 1.64 bits per heavy atom. The molecular weight excluding hydrogens is 272 g/mol. The van der Waals surface area contributed by atoms with Crippen molar-refractivity contribution in [1.82, 2.24) is 9.80 Å². The quantitative estimate of drug-likeness (QED) is 0.836. The van der Waals surface area contributed by atoms with Gasteiger partial charge in [-0.2, -0.15) is 0 Å². The number of carbonyl (C=O) groups excluding carboxylic acids is 1. The Balaban J connectivity index is 1.69. The zero-order valence-electron chi connectivity index (χ0n) is 14.0. The van der Waals surface area contributed by atoms with Gasteiger partial charge in [-0.25, -0.2) is 0 Å². The molecule has 120 valence electrons. The van der Waals surface area contributed by atoms with Gasteiger partial charge >= 0.3 is 0 Å². The minimum atomic E-state index is 0.226. The van der Waals surface area contributed by atoms with Gasteiger partial charge in [0.25, 0.3) is 5.91 Å². The van der Waals surface area contributed by atoms with Gasteiger partial charge in [0.05, 0.1) is 0 Å². The fourth-order valence-electron chi connectivity index (χ4n) is 4.08. The van der Waals surface area contributed by atoms with Crippen molar-refractivity contribution >= 4 is 5.91 Å². The molecule has 0 unspecified atom stereocenters. The molecule has 1 saturated carbocycles. The maximum atomic E-state index is 12.9. The van der Waals surface area contributed by atoms with Crippen molar-refractivity contribution in [3.8, 4) is 0 Å². The van der Waals surface area contributed by atoms with E-state index in [2.05, 4.69) is 9.80 Å². The molecular formula is C19H28N2O.